The first-order valence-corrected chi connectivity index (χ1v) is 6.57. The van der Waals surface area contributed by atoms with Gasteiger partial charge in [-0.15, -0.1) is 0 Å². The van der Waals surface area contributed by atoms with Gasteiger partial charge in [0.25, 0.3) is 0 Å². The predicted molar refractivity (Wildman–Crippen MR) is 68.6 cm³/mol. The molecule has 4 heteroatoms. The van der Waals surface area contributed by atoms with Crippen LogP contribution in [0.3, 0.4) is 0 Å². The van der Waals surface area contributed by atoms with Crippen LogP contribution in [0.2, 0.25) is 0 Å². The van der Waals surface area contributed by atoms with E-state index in [0.29, 0.717) is 30.3 Å². The van der Waals surface area contributed by atoms with Gasteiger partial charge in [-0.3, -0.25) is 0 Å². The predicted octanol–water partition coefficient (Wildman–Crippen LogP) is 2.79. The highest BCUT2D eigenvalue weighted by molar-refractivity contribution is 4.87. The average molecular weight is 239 g/mol. The molecule has 0 aromatic carbocycles. The number of nitrogens with one attached hydrogen (secondary N) is 1. The van der Waals surface area contributed by atoms with Gasteiger partial charge in [0.1, 0.15) is 0 Å². The third-order valence-corrected chi connectivity index (χ3v) is 3.17. The van der Waals surface area contributed by atoms with Gasteiger partial charge in [-0.05, 0) is 18.8 Å². The van der Waals surface area contributed by atoms with Crippen LogP contribution in [0, 0.1) is 11.8 Å². The van der Waals surface area contributed by atoms with Crippen LogP contribution in [0.1, 0.15) is 52.8 Å². The molecule has 0 aliphatic rings. The van der Waals surface area contributed by atoms with E-state index in [9.17, 15) is 0 Å². The second kappa shape index (κ2) is 6.74. The molecule has 0 fully saturated rings. The lowest BCUT2D eigenvalue weighted by atomic mass is 10.0. The quantitative estimate of drug-likeness (QED) is 0.795. The molecule has 0 amide bonds. The third kappa shape index (κ3) is 4.86. The van der Waals surface area contributed by atoms with Crippen molar-refractivity contribution in [3.8, 4) is 0 Å². The Hall–Kier alpha value is -0.900. The Morgan fingerprint density at radius 3 is 2.53 bits per heavy atom. The van der Waals surface area contributed by atoms with Crippen molar-refractivity contribution in [3.63, 3.8) is 0 Å². The Kier molecular flexibility index (Phi) is 5.62. The normalized spacial score (nSPS) is 15.2. The number of nitrogens with zero attached hydrogens (tertiary/aromatic N) is 2. The maximum absolute atomic E-state index is 5.21. The van der Waals surface area contributed by atoms with Crippen LogP contribution in [0.5, 0.6) is 0 Å². The van der Waals surface area contributed by atoms with E-state index in [1.807, 2.05) is 0 Å². The molecule has 1 heterocycles. The number of hydrogen-bond acceptors (Lipinski definition) is 4. The zero-order chi connectivity index (χ0) is 12.8. The van der Waals surface area contributed by atoms with Crippen molar-refractivity contribution in [1.82, 2.24) is 15.5 Å². The summed E-state index contributed by atoms with van der Waals surface area (Å²) in [4.78, 5) is 4.37. The van der Waals surface area contributed by atoms with Crippen molar-refractivity contribution in [3.05, 3.63) is 11.7 Å². The second-order valence-electron chi connectivity index (χ2n) is 5.26. The van der Waals surface area contributed by atoms with Crippen molar-refractivity contribution in [2.24, 2.45) is 11.8 Å². The van der Waals surface area contributed by atoms with Gasteiger partial charge in [0.05, 0.1) is 6.54 Å². The number of rotatable bonds is 7. The third-order valence-electron chi connectivity index (χ3n) is 3.17. The Morgan fingerprint density at radius 1 is 1.24 bits per heavy atom. The minimum Gasteiger partial charge on any atom is -0.338 e. The Bertz CT molecular complexity index is 322. The maximum atomic E-state index is 5.21. The van der Waals surface area contributed by atoms with Gasteiger partial charge in [-0.25, -0.2) is 0 Å². The lowest BCUT2D eigenvalue weighted by Crippen LogP contribution is -2.31. The molecule has 0 aliphatic heterocycles. The highest BCUT2D eigenvalue weighted by atomic mass is 16.5. The summed E-state index contributed by atoms with van der Waals surface area (Å²) in [7, 11) is 0. The fourth-order valence-electron chi connectivity index (χ4n) is 1.61. The lowest BCUT2D eigenvalue weighted by Gasteiger charge is -2.18. The van der Waals surface area contributed by atoms with Crippen LogP contribution in [0.15, 0.2) is 4.52 Å². The van der Waals surface area contributed by atoms with Crippen LogP contribution in [0.25, 0.3) is 0 Å². The average Bonchev–Trinajstić information content (AvgIpc) is 2.71. The summed E-state index contributed by atoms with van der Waals surface area (Å²) in [6, 6.07) is 0.473. The van der Waals surface area contributed by atoms with Crippen LogP contribution in [-0.2, 0) is 13.0 Å². The molecule has 0 bridgehead atoms. The largest absolute Gasteiger partial charge is 0.338 e. The molecule has 17 heavy (non-hydrogen) atoms. The van der Waals surface area contributed by atoms with Crippen LogP contribution in [0.4, 0.5) is 0 Å². The van der Waals surface area contributed by atoms with E-state index in [2.05, 4.69) is 50.1 Å². The molecule has 0 spiro atoms. The fourth-order valence-corrected chi connectivity index (χ4v) is 1.61. The Labute approximate surface area is 104 Å². The van der Waals surface area contributed by atoms with E-state index < -0.39 is 0 Å². The van der Waals surface area contributed by atoms with Gasteiger partial charge < -0.3 is 9.84 Å². The number of aromatic nitrogens is 2. The molecule has 2 atom stereocenters. The highest BCUT2D eigenvalue weighted by Crippen LogP contribution is 2.08. The maximum Gasteiger partial charge on any atom is 0.240 e. The molecule has 98 valence electrons. The fraction of sp³-hybridized carbons (Fsp3) is 0.846. The topological polar surface area (TPSA) is 51.0 Å². The zero-order valence-electron chi connectivity index (χ0n) is 11.7. The molecule has 0 radical (unpaired) electrons. The van der Waals surface area contributed by atoms with E-state index in [-0.39, 0.29) is 0 Å². The minimum atomic E-state index is 0.473. The summed E-state index contributed by atoms with van der Waals surface area (Å²) < 4.78 is 5.21. The lowest BCUT2D eigenvalue weighted by molar-refractivity contribution is 0.330. The van der Waals surface area contributed by atoms with E-state index >= 15 is 0 Å². The van der Waals surface area contributed by atoms with E-state index in [4.69, 9.17) is 4.52 Å². The molecule has 1 rings (SSSR count). The van der Waals surface area contributed by atoms with E-state index in [0.717, 1.165) is 12.2 Å². The van der Waals surface area contributed by atoms with Crippen molar-refractivity contribution in [2.75, 3.05) is 0 Å². The molecule has 0 saturated heterocycles. The zero-order valence-corrected chi connectivity index (χ0v) is 11.7. The van der Waals surface area contributed by atoms with Gasteiger partial charge in [-0.2, -0.15) is 4.98 Å². The van der Waals surface area contributed by atoms with Crippen LogP contribution in [-0.4, -0.2) is 16.2 Å². The molecule has 1 aromatic heterocycles. The van der Waals surface area contributed by atoms with Gasteiger partial charge in [0.15, 0.2) is 5.82 Å². The molecular weight excluding hydrogens is 214 g/mol. The van der Waals surface area contributed by atoms with Gasteiger partial charge >= 0.3 is 0 Å². The van der Waals surface area contributed by atoms with Crippen molar-refractivity contribution >= 4 is 0 Å². The summed E-state index contributed by atoms with van der Waals surface area (Å²) in [5.74, 6) is 2.73. The molecule has 0 aliphatic carbocycles. The molecule has 0 saturated carbocycles. The Morgan fingerprint density at radius 2 is 1.94 bits per heavy atom. The number of hydrogen-bond donors (Lipinski definition) is 1. The molecule has 2 unspecified atom stereocenters. The summed E-state index contributed by atoms with van der Waals surface area (Å²) in [5.41, 5.74) is 0. The molecular formula is C13H25N3O. The van der Waals surface area contributed by atoms with Crippen molar-refractivity contribution < 1.29 is 4.52 Å². The van der Waals surface area contributed by atoms with Crippen molar-refractivity contribution in [2.45, 2.75) is 60.0 Å². The Balaban J connectivity index is 2.39. The first kappa shape index (κ1) is 14.2. The molecule has 4 nitrogen and oxygen atoms in total. The van der Waals surface area contributed by atoms with E-state index in [1.54, 1.807) is 0 Å². The molecule has 1 N–H and O–H groups in total. The monoisotopic (exact) mass is 239 g/mol. The summed E-state index contributed by atoms with van der Waals surface area (Å²) >= 11 is 0. The smallest absolute Gasteiger partial charge is 0.240 e. The van der Waals surface area contributed by atoms with E-state index in [1.165, 1.54) is 6.42 Å². The van der Waals surface area contributed by atoms with Gasteiger partial charge in [-0.1, -0.05) is 39.3 Å². The summed E-state index contributed by atoms with van der Waals surface area (Å²) in [5, 5.41) is 7.39. The van der Waals surface area contributed by atoms with Gasteiger partial charge in [0, 0.05) is 12.5 Å². The van der Waals surface area contributed by atoms with Crippen LogP contribution < -0.4 is 5.32 Å². The highest BCUT2D eigenvalue weighted by Gasteiger charge is 2.12. The standard InChI is InChI=1S/C13H25N3O/c1-6-10(4)11(5)14-8-13-15-12(16-17-13)7-9(2)3/h9-11,14H,6-8H2,1-5H3. The molecule has 1 aromatic rings. The minimum absolute atomic E-state index is 0.473. The van der Waals surface area contributed by atoms with Crippen molar-refractivity contribution in [1.29, 1.82) is 0 Å². The van der Waals surface area contributed by atoms with Gasteiger partial charge in [0.2, 0.25) is 5.89 Å². The summed E-state index contributed by atoms with van der Waals surface area (Å²) in [6.45, 7) is 11.6. The van der Waals surface area contributed by atoms with Crippen LogP contribution >= 0.6 is 0 Å². The SMILES string of the molecule is CCC(C)C(C)NCc1nc(CC(C)C)no1. The second-order valence-corrected chi connectivity index (χ2v) is 5.26. The summed E-state index contributed by atoms with van der Waals surface area (Å²) in [6.07, 6.45) is 2.06. The first-order chi connectivity index (χ1) is 8.02. The first-order valence-electron chi connectivity index (χ1n) is 6.57.